The molecule has 38 heavy (non-hydrogen) atoms. The van der Waals surface area contributed by atoms with E-state index in [0.717, 1.165) is 23.2 Å². The van der Waals surface area contributed by atoms with E-state index in [4.69, 9.17) is 34.8 Å². The maximum absolute atomic E-state index is 15.0. The molecule has 0 aliphatic carbocycles. The summed E-state index contributed by atoms with van der Waals surface area (Å²) in [5.74, 6) is -5.56. The summed E-state index contributed by atoms with van der Waals surface area (Å²) in [6.07, 6.45) is -7.50. The van der Waals surface area contributed by atoms with Crippen LogP contribution in [-0.2, 0) is 6.18 Å². The van der Waals surface area contributed by atoms with E-state index in [2.05, 4.69) is 15.4 Å². The molecular formula is C23H14Cl3F7N4O. The van der Waals surface area contributed by atoms with Crippen LogP contribution in [0.2, 0.25) is 15.1 Å². The molecule has 5 nitrogen and oxygen atoms in total. The van der Waals surface area contributed by atoms with Crippen molar-refractivity contribution in [2.24, 2.45) is 0 Å². The normalized spacial score (nSPS) is 13.3. The second-order valence-corrected chi connectivity index (χ2v) is 8.83. The van der Waals surface area contributed by atoms with Gasteiger partial charge in [0.15, 0.2) is 0 Å². The summed E-state index contributed by atoms with van der Waals surface area (Å²) < 4.78 is 97.6. The van der Waals surface area contributed by atoms with E-state index in [1.165, 1.54) is 25.5 Å². The third kappa shape index (κ3) is 6.86. The van der Waals surface area contributed by atoms with Gasteiger partial charge in [-0.15, -0.1) is 0 Å². The Morgan fingerprint density at radius 2 is 1.58 bits per heavy atom. The van der Waals surface area contributed by atoms with Crippen molar-refractivity contribution < 1.29 is 35.5 Å². The van der Waals surface area contributed by atoms with Crippen LogP contribution in [0.4, 0.5) is 36.7 Å². The van der Waals surface area contributed by atoms with Gasteiger partial charge in [0.2, 0.25) is 5.95 Å². The van der Waals surface area contributed by atoms with Gasteiger partial charge in [0.1, 0.15) is 11.7 Å². The van der Waals surface area contributed by atoms with Crippen LogP contribution in [0, 0.1) is 0 Å². The Balaban J connectivity index is 2.01. The molecule has 3 aromatic rings. The van der Waals surface area contributed by atoms with Crippen molar-refractivity contribution in [3.63, 3.8) is 0 Å². The fourth-order valence-electron chi connectivity index (χ4n) is 3.23. The molecule has 0 fully saturated rings. The second-order valence-electron chi connectivity index (χ2n) is 7.64. The first-order chi connectivity index (χ1) is 17.6. The van der Waals surface area contributed by atoms with Gasteiger partial charge in [0.25, 0.3) is 5.91 Å². The summed E-state index contributed by atoms with van der Waals surface area (Å²) in [6, 6.07) is 4.72. The minimum Gasteiger partial charge on any atom is -0.267 e. The van der Waals surface area contributed by atoms with Gasteiger partial charge in [-0.1, -0.05) is 40.9 Å². The largest absolute Gasteiger partial charge is 0.417 e. The predicted octanol–water partition coefficient (Wildman–Crippen LogP) is 7.89. The molecule has 0 spiro atoms. The van der Waals surface area contributed by atoms with Gasteiger partial charge in [-0.2, -0.15) is 26.3 Å². The number of nitrogens with zero attached hydrogens (tertiary/aromatic N) is 3. The molecule has 3 rings (SSSR count). The van der Waals surface area contributed by atoms with Gasteiger partial charge in [0, 0.05) is 25.0 Å². The molecule has 0 saturated heterocycles. The number of benzene rings is 2. The molecule has 202 valence electrons. The highest BCUT2D eigenvalue weighted by Crippen LogP contribution is 2.42. The lowest BCUT2D eigenvalue weighted by Crippen LogP contribution is -2.41. The maximum Gasteiger partial charge on any atom is 0.417 e. The van der Waals surface area contributed by atoms with Crippen molar-refractivity contribution in [3.8, 4) is 0 Å². The number of amides is 1. The molecule has 2 aromatic carbocycles. The number of hydrogen-bond donors (Lipinski definition) is 1. The number of halogens is 10. The average molecular weight is 602 g/mol. The molecule has 0 aliphatic rings. The second kappa shape index (κ2) is 11.3. The average Bonchev–Trinajstić information content (AvgIpc) is 2.84. The summed E-state index contributed by atoms with van der Waals surface area (Å²) in [7, 11) is 1.27. The van der Waals surface area contributed by atoms with Gasteiger partial charge in [-0.05, 0) is 42.0 Å². The van der Waals surface area contributed by atoms with E-state index in [1.807, 2.05) is 0 Å². The Labute approximate surface area is 225 Å². The molecular weight excluding hydrogens is 588 g/mol. The molecule has 1 amide bonds. The van der Waals surface area contributed by atoms with Crippen LogP contribution in [-0.4, -0.2) is 29.1 Å². The summed E-state index contributed by atoms with van der Waals surface area (Å²) in [4.78, 5) is 20.2. The van der Waals surface area contributed by atoms with Crippen molar-refractivity contribution in [2.45, 2.75) is 18.3 Å². The summed E-state index contributed by atoms with van der Waals surface area (Å²) in [5, 5.41) is 0.0546. The number of allylic oxidation sites excluding steroid dienone is 1. The van der Waals surface area contributed by atoms with E-state index in [-0.39, 0.29) is 33.2 Å². The van der Waals surface area contributed by atoms with Gasteiger partial charge in [-0.25, -0.2) is 14.4 Å². The molecule has 1 aromatic heterocycles. The van der Waals surface area contributed by atoms with E-state index >= 15 is 0 Å². The zero-order chi connectivity index (χ0) is 28.4. The van der Waals surface area contributed by atoms with Crippen LogP contribution < -0.4 is 10.4 Å². The predicted molar refractivity (Wildman–Crippen MR) is 129 cm³/mol. The van der Waals surface area contributed by atoms with E-state index in [1.54, 1.807) is 0 Å². The van der Waals surface area contributed by atoms with Gasteiger partial charge in [-0.3, -0.25) is 15.2 Å². The molecule has 0 radical (unpaired) electrons. The Bertz CT molecular complexity index is 1340. The summed E-state index contributed by atoms with van der Waals surface area (Å²) in [6.45, 7) is 0. The number of anilines is 1. The zero-order valence-corrected chi connectivity index (χ0v) is 21.1. The number of carbonyl (C=O) groups is 1. The van der Waals surface area contributed by atoms with Gasteiger partial charge < -0.3 is 0 Å². The highest BCUT2D eigenvalue weighted by atomic mass is 35.5. The molecule has 0 bridgehead atoms. The monoisotopic (exact) mass is 600 g/mol. The van der Waals surface area contributed by atoms with Crippen LogP contribution in [0.1, 0.15) is 33.0 Å². The summed E-state index contributed by atoms with van der Waals surface area (Å²) >= 11 is 17.3. The first-order valence-corrected chi connectivity index (χ1v) is 11.3. The lowest BCUT2D eigenvalue weighted by molar-refractivity contribution is -0.140. The Kier molecular flexibility index (Phi) is 8.79. The number of hydrogen-bond acceptors (Lipinski definition) is 4. The van der Waals surface area contributed by atoms with Crippen molar-refractivity contribution in [1.82, 2.24) is 15.4 Å². The lowest BCUT2D eigenvalue weighted by atomic mass is 9.95. The zero-order valence-electron chi connectivity index (χ0n) is 18.8. The van der Waals surface area contributed by atoms with E-state index in [9.17, 15) is 35.5 Å². The Hall–Kier alpha value is -3.09. The maximum atomic E-state index is 15.0. The first kappa shape index (κ1) is 29.5. The van der Waals surface area contributed by atoms with Crippen molar-refractivity contribution in [1.29, 1.82) is 0 Å². The number of nitrogens with one attached hydrogen (secondary N) is 1. The smallest absolute Gasteiger partial charge is 0.267 e. The highest BCUT2D eigenvalue weighted by molar-refractivity contribution is 6.48. The lowest BCUT2D eigenvalue weighted by Gasteiger charge is -2.20. The molecule has 0 saturated carbocycles. The summed E-state index contributed by atoms with van der Waals surface area (Å²) in [5.41, 5.74) is -1.81. The minimum absolute atomic E-state index is 0.0411. The van der Waals surface area contributed by atoms with Crippen molar-refractivity contribution in [2.75, 3.05) is 12.1 Å². The quantitative estimate of drug-likeness (QED) is 0.177. The van der Waals surface area contributed by atoms with Crippen LogP contribution in [0.25, 0.3) is 5.83 Å². The van der Waals surface area contributed by atoms with Crippen molar-refractivity contribution in [3.05, 3.63) is 92.2 Å². The first-order valence-electron chi connectivity index (χ1n) is 10.2. The van der Waals surface area contributed by atoms with Crippen LogP contribution >= 0.6 is 34.8 Å². The highest BCUT2D eigenvalue weighted by Gasteiger charge is 2.41. The minimum atomic E-state index is -5.16. The SMILES string of the molecule is CN(NC(=O)c1ccc(C(F)=CC(c2cc(Cl)c(Cl)c(Cl)c2)C(F)(F)F)cc1C(F)(F)F)c1ncccn1. The molecule has 15 heteroatoms. The Morgan fingerprint density at radius 3 is 2.11 bits per heavy atom. The fourth-order valence-corrected chi connectivity index (χ4v) is 3.84. The number of aromatic nitrogens is 2. The van der Waals surface area contributed by atoms with E-state index < -0.39 is 52.3 Å². The van der Waals surface area contributed by atoms with Crippen LogP contribution in [0.5, 0.6) is 0 Å². The van der Waals surface area contributed by atoms with Gasteiger partial charge in [0.05, 0.1) is 26.2 Å². The topological polar surface area (TPSA) is 58.1 Å². The van der Waals surface area contributed by atoms with E-state index in [0.29, 0.717) is 6.07 Å². The number of rotatable bonds is 6. The molecule has 1 N–H and O–H groups in total. The fraction of sp³-hybridized carbons (Fsp3) is 0.174. The molecule has 1 atom stereocenters. The third-order valence-corrected chi connectivity index (χ3v) is 6.19. The third-order valence-electron chi connectivity index (χ3n) is 5.00. The number of carbonyl (C=O) groups excluding carboxylic acids is 1. The molecule has 1 heterocycles. The molecule has 1 unspecified atom stereocenters. The van der Waals surface area contributed by atoms with Crippen LogP contribution in [0.15, 0.2) is 54.9 Å². The standard InChI is InChI=1S/C23H14Cl3F7N4O/c1-37(21-34-5-2-6-35-21)36-20(38)13-4-3-11(7-15(13)23(31,32)33)18(27)10-14(22(28,29)30)12-8-16(24)19(26)17(25)9-12/h2-10,14H,1H3,(H,36,38). The number of alkyl halides is 6. The molecule has 0 aliphatic heterocycles. The number of hydrazine groups is 1. The van der Waals surface area contributed by atoms with Crippen molar-refractivity contribution >= 4 is 52.5 Å². The Morgan fingerprint density at radius 1 is 1.00 bits per heavy atom. The van der Waals surface area contributed by atoms with Crippen LogP contribution in [0.3, 0.4) is 0 Å². The van der Waals surface area contributed by atoms with Gasteiger partial charge >= 0.3 is 12.4 Å².